The summed E-state index contributed by atoms with van der Waals surface area (Å²) >= 11 is 0. The number of rotatable bonds is 5. The molecule has 7 heteroatoms. The number of hydrogen-bond acceptors (Lipinski definition) is 4. The summed E-state index contributed by atoms with van der Waals surface area (Å²) in [5.41, 5.74) is 1.82. The van der Waals surface area contributed by atoms with Gasteiger partial charge in [0.25, 0.3) is 5.69 Å². The molecular formula is C20H16N4O3. The third kappa shape index (κ3) is 4.76. The lowest BCUT2D eigenvalue weighted by Crippen LogP contribution is -2.30. The van der Waals surface area contributed by atoms with E-state index < -0.39 is 11.0 Å². The topological polar surface area (TPSA) is 87.8 Å². The van der Waals surface area contributed by atoms with Gasteiger partial charge in [0.05, 0.1) is 16.8 Å². The Bertz CT molecular complexity index is 942. The minimum atomic E-state index is -0.494. The molecule has 3 aromatic rings. The molecule has 1 N–H and O–H groups in total. The molecule has 0 heterocycles. The molecule has 0 atom stereocenters. The van der Waals surface area contributed by atoms with Crippen LogP contribution in [0.2, 0.25) is 0 Å². The van der Waals surface area contributed by atoms with Gasteiger partial charge in [0, 0.05) is 17.8 Å². The molecular weight excluding hydrogens is 344 g/mol. The summed E-state index contributed by atoms with van der Waals surface area (Å²) in [6, 6.07) is 23.5. The average Bonchev–Trinajstić information content (AvgIpc) is 2.70. The number of amides is 2. The number of carbonyl (C=O) groups is 1. The van der Waals surface area contributed by atoms with E-state index in [1.807, 2.05) is 36.4 Å². The Balaban J connectivity index is 1.82. The van der Waals surface area contributed by atoms with E-state index in [9.17, 15) is 14.9 Å². The maximum atomic E-state index is 12.7. The molecule has 3 aromatic carbocycles. The van der Waals surface area contributed by atoms with Crippen LogP contribution in [0, 0.1) is 10.1 Å². The van der Waals surface area contributed by atoms with Gasteiger partial charge < -0.3 is 5.32 Å². The van der Waals surface area contributed by atoms with Crippen molar-refractivity contribution in [2.45, 2.75) is 0 Å². The van der Waals surface area contributed by atoms with Crippen molar-refractivity contribution in [3.05, 3.63) is 101 Å². The van der Waals surface area contributed by atoms with E-state index in [1.165, 1.54) is 29.3 Å². The smallest absolute Gasteiger partial charge is 0.306 e. The van der Waals surface area contributed by atoms with E-state index in [2.05, 4.69) is 10.4 Å². The van der Waals surface area contributed by atoms with Crippen LogP contribution in [0.1, 0.15) is 5.56 Å². The quantitative estimate of drug-likeness (QED) is 0.407. The van der Waals surface area contributed by atoms with Crippen molar-refractivity contribution in [2.75, 3.05) is 10.3 Å². The number of hydrazone groups is 1. The first kappa shape index (κ1) is 17.8. The molecule has 0 aromatic heterocycles. The number of carbonyl (C=O) groups excluding carboxylic acids is 1. The van der Waals surface area contributed by atoms with Gasteiger partial charge in [-0.3, -0.25) is 10.1 Å². The number of hydrogen-bond donors (Lipinski definition) is 1. The molecule has 0 saturated carbocycles. The normalized spacial score (nSPS) is 10.5. The molecule has 27 heavy (non-hydrogen) atoms. The summed E-state index contributed by atoms with van der Waals surface area (Å²) in [5, 5.41) is 19.0. The summed E-state index contributed by atoms with van der Waals surface area (Å²) < 4.78 is 0. The third-order valence-corrected chi connectivity index (χ3v) is 3.64. The molecule has 0 saturated heterocycles. The molecule has 0 aliphatic heterocycles. The van der Waals surface area contributed by atoms with Crippen LogP contribution in [-0.4, -0.2) is 17.2 Å². The van der Waals surface area contributed by atoms with Crippen LogP contribution in [0.15, 0.2) is 90.0 Å². The van der Waals surface area contributed by atoms with Crippen molar-refractivity contribution in [2.24, 2.45) is 5.10 Å². The van der Waals surface area contributed by atoms with Gasteiger partial charge in [-0.1, -0.05) is 48.5 Å². The number of para-hydroxylation sites is 1. The predicted molar refractivity (Wildman–Crippen MR) is 105 cm³/mol. The van der Waals surface area contributed by atoms with Crippen LogP contribution in [0.5, 0.6) is 0 Å². The number of anilines is 2. The highest BCUT2D eigenvalue weighted by atomic mass is 16.6. The zero-order valence-electron chi connectivity index (χ0n) is 14.2. The second kappa shape index (κ2) is 8.39. The lowest BCUT2D eigenvalue weighted by Gasteiger charge is -2.17. The minimum absolute atomic E-state index is 0.0463. The highest BCUT2D eigenvalue weighted by Crippen LogP contribution is 2.19. The molecule has 0 aliphatic rings. The fraction of sp³-hybridized carbons (Fsp3) is 0. The van der Waals surface area contributed by atoms with Gasteiger partial charge in [0.2, 0.25) is 0 Å². The van der Waals surface area contributed by atoms with E-state index in [4.69, 9.17) is 0 Å². The second-order valence-corrected chi connectivity index (χ2v) is 5.54. The van der Waals surface area contributed by atoms with Gasteiger partial charge in [0.15, 0.2) is 0 Å². The molecule has 7 nitrogen and oxygen atoms in total. The Morgan fingerprint density at radius 2 is 1.52 bits per heavy atom. The van der Waals surface area contributed by atoms with Crippen molar-refractivity contribution >= 4 is 29.3 Å². The first-order valence-corrected chi connectivity index (χ1v) is 8.13. The number of urea groups is 1. The maximum Gasteiger partial charge on any atom is 0.347 e. The Labute approximate surface area is 155 Å². The van der Waals surface area contributed by atoms with E-state index in [-0.39, 0.29) is 5.69 Å². The summed E-state index contributed by atoms with van der Waals surface area (Å²) in [6.45, 7) is 0. The number of nitrogens with zero attached hydrogens (tertiary/aromatic N) is 3. The zero-order chi connectivity index (χ0) is 19.1. The van der Waals surface area contributed by atoms with E-state index in [0.29, 0.717) is 11.4 Å². The van der Waals surface area contributed by atoms with Crippen molar-refractivity contribution in [1.82, 2.24) is 0 Å². The first-order chi connectivity index (χ1) is 13.1. The van der Waals surface area contributed by atoms with Crippen LogP contribution in [0.4, 0.5) is 21.9 Å². The lowest BCUT2D eigenvalue weighted by molar-refractivity contribution is -0.384. The molecule has 2 amide bonds. The molecule has 0 spiro atoms. The molecule has 0 aliphatic carbocycles. The number of nitro benzene ring substituents is 1. The largest absolute Gasteiger partial charge is 0.347 e. The monoisotopic (exact) mass is 360 g/mol. The average molecular weight is 360 g/mol. The van der Waals surface area contributed by atoms with Crippen LogP contribution < -0.4 is 10.3 Å². The van der Waals surface area contributed by atoms with Gasteiger partial charge in [-0.05, 0) is 29.8 Å². The number of nitro groups is 1. The molecule has 0 fully saturated rings. The van der Waals surface area contributed by atoms with Crippen molar-refractivity contribution < 1.29 is 9.72 Å². The summed E-state index contributed by atoms with van der Waals surface area (Å²) in [5.74, 6) is 0. The van der Waals surface area contributed by atoms with Crippen molar-refractivity contribution in [1.29, 1.82) is 0 Å². The van der Waals surface area contributed by atoms with E-state index >= 15 is 0 Å². The fourth-order valence-electron chi connectivity index (χ4n) is 2.31. The van der Waals surface area contributed by atoms with Crippen LogP contribution in [0.3, 0.4) is 0 Å². The van der Waals surface area contributed by atoms with Gasteiger partial charge in [-0.2, -0.15) is 10.1 Å². The van der Waals surface area contributed by atoms with E-state index in [1.54, 1.807) is 30.5 Å². The predicted octanol–water partition coefficient (Wildman–Crippen LogP) is 4.67. The van der Waals surface area contributed by atoms with Crippen molar-refractivity contribution in [3.63, 3.8) is 0 Å². The summed E-state index contributed by atoms with van der Waals surface area (Å²) in [4.78, 5) is 23.0. The molecule has 0 bridgehead atoms. The van der Waals surface area contributed by atoms with Gasteiger partial charge in [0.1, 0.15) is 0 Å². The number of benzene rings is 3. The Kier molecular flexibility index (Phi) is 5.54. The number of non-ortho nitro benzene ring substituents is 1. The molecule has 3 rings (SSSR count). The van der Waals surface area contributed by atoms with E-state index in [0.717, 1.165) is 5.56 Å². The highest BCUT2D eigenvalue weighted by molar-refractivity contribution is 6.02. The Morgan fingerprint density at radius 3 is 2.11 bits per heavy atom. The third-order valence-electron chi connectivity index (χ3n) is 3.64. The van der Waals surface area contributed by atoms with Gasteiger partial charge in [-0.25, -0.2) is 4.79 Å². The molecule has 134 valence electrons. The second-order valence-electron chi connectivity index (χ2n) is 5.54. The summed E-state index contributed by atoms with van der Waals surface area (Å²) in [7, 11) is 0. The zero-order valence-corrected chi connectivity index (χ0v) is 14.2. The SMILES string of the molecule is O=C(Nc1ccc([N+](=O)[O-])cc1)N(/N=C/c1ccccc1)c1ccccc1. The van der Waals surface area contributed by atoms with Crippen LogP contribution >= 0.6 is 0 Å². The number of nitrogens with one attached hydrogen (secondary N) is 1. The Morgan fingerprint density at radius 1 is 0.926 bits per heavy atom. The highest BCUT2D eigenvalue weighted by Gasteiger charge is 2.15. The molecule has 0 unspecified atom stereocenters. The Hall–Kier alpha value is -4.00. The van der Waals surface area contributed by atoms with Crippen LogP contribution in [0.25, 0.3) is 0 Å². The van der Waals surface area contributed by atoms with Crippen molar-refractivity contribution in [3.8, 4) is 0 Å². The minimum Gasteiger partial charge on any atom is -0.306 e. The fourth-order valence-corrected chi connectivity index (χ4v) is 2.31. The van der Waals surface area contributed by atoms with Crippen LogP contribution in [-0.2, 0) is 0 Å². The standard InChI is InChI=1S/C20H16N4O3/c25-20(22-17-11-13-19(14-12-17)24(26)27)23(18-9-5-2-6-10-18)21-15-16-7-3-1-4-8-16/h1-15H,(H,22,25)/b21-15+. The first-order valence-electron chi connectivity index (χ1n) is 8.13. The van der Waals surface area contributed by atoms with Gasteiger partial charge >= 0.3 is 6.03 Å². The summed E-state index contributed by atoms with van der Waals surface area (Å²) in [6.07, 6.45) is 1.59. The maximum absolute atomic E-state index is 12.7. The molecule has 0 radical (unpaired) electrons. The lowest BCUT2D eigenvalue weighted by atomic mass is 10.2. The van der Waals surface area contributed by atoms with Gasteiger partial charge in [-0.15, -0.1) is 0 Å².